The first-order valence-electron chi connectivity index (χ1n) is 6.90. The standard InChI is InChI=1S/C14H21FN2O2S2/c1-16-9-11-4-5-13(12(15)8-11)21(18,19)17-10-14(20-2)6-3-7-14/h4-5,8,16-17H,3,6-7,9-10H2,1-2H3. The van der Waals surface area contributed by atoms with E-state index in [1.807, 2.05) is 6.26 Å². The van der Waals surface area contributed by atoms with Gasteiger partial charge in [-0.1, -0.05) is 12.5 Å². The molecule has 0 aromatic heterocycles. The average Bonchev–Trinajstić information content (AvgIpc) is 2.38. The second kappa shape index (κ2) is 6.64. The minimum atomic E-state index is -3.80. The van der Waals surface area contributed by atoms with Crippen LogP contribution in [0, 0.1) is 5.82 Å². The van der Waals surface area contributed by atoms with E-state index in [9.17, 15) is 12.8 Å². The molecular weight excluding hydrogens is 311 g/mol. The van der Waals surface area contributed by atoms with Crippen molar-refractivity contribution >= 4 is 21.8 Å². The molecule has 1 aliphatic rings. The van der Waals surface area contributed by atoms with Gasteiger partial charge in [0.15, 0.2) is 0 Å². The summed E-state index contributed by atoms with van der Waals surface area (Å²) in [5.74, 6) is -0.706. The molecule has 0 bridgehead atoms. The monoisotopic (exact) mass is 332 g/mol. The molecule has 0 saturated heterocycles. The van der Waals surface area contributed by atoms with Gasteiger partial charge >= 0.3 is 0 Å². The molecule has 0 amide bonds. The lowest BCUT2D eigenvalue weighted by Crippen LogP contribution is -2.45. The molecular formula is C14H21FN2O2S2. The van der Waals surface area contributed by atoms with E-state index in [0.717, 1.165) is 19.3 Å². The van der Waals surface area contributed by atoms with Crippen LogP contribution in [0.2, 0.25) is 0 Å². The molecule has 1 aliphatic carbocycles. The lowest BCUT2D eigenvalue weighted by atomic mass is 9.84. The van der Waals surface area contributed by atoms with Crippen LogP contribution in [0.4, 0.5) is 4.39 Å². The zero-order valence-corrected chi connectivity index (χ0v) is 13.9. The Morgan fingerprint density at radius 3 is 2.57 bits per heavy atom. The third-order valence-corrected chi connectivity index (χ3v) is 6.80. The molecule has 1 saturated carbocycles. The molecule has 0 heterocycles. The highest BCUT2D eigenvalue weighted by Gasteiger charge is 2.37. The predicted molar refractivity (Wildman–Crippen MR) is 84.4 cm³/mol. The molecule has 0 spiro atoms. The van der Waals surface area contributed by atoms with E-state index < -0.39 is 15.8 Å². The zero-order valence-electron chi connectivity index (χ0n) is 12.3. The minimum absolute atomic E-state index is 0.0182. The molecule has 0 atom stereocenters. The molecule has 1 aromatic carbocycles. The molecule has 118 valence electrons. The lowest BCUT2D eigenvalue weighted by molar-refractivity contribution is 0.361. The van der Waals surface area contributed by atoms with E-state index in [4.69, 9.17) is 0 Å². The SMILES string of the molecule is CNCc1ccc(S(=O)(=O)NCC2(SC)CCC2)c(F)c1. The minimum Gasteiger partial charge on any atom is -0.316 e. The van der Waals surface area contributed by atoms with Crippen molar-refractivity contribution in [3.05, 3.63) is 29.6 Å². The third-order valence-electron chi connectivity index (χ3n) is 3.95. The fourth-order valence-corrected chi connectivity index (χ4v) is 4.59. The van der Waals surface area contributed by atoms with Gasteiger partial charge < -0.3 is 5.32 Å². The summed E-state index contributed by atoms with van der Waals surface area (Å²) in [4.78, 5) is -0.280. The lowest BCUT2D eigenvalue weighted by Gasteiger charge is -2.40. The average molecular weight is 332 g/mol. The highest BCUT2D eigenvalue weighted by atomic mass is 32.2. The van der Waals surface area contributed by atoms with Gasteiger partial charge in [-0.25, -0.2) is 17.5 Å². The number of benzene rings is 1. The number of rotatable bonds is 7. The third kappa shape index (κ3) is 3.77. The van der Waals surface area contributed by atoms with Gasteiger partial charge in [0.05, 0.1) is 0 Å². The summed E-state index contributed by atoms with van der Waals surface area (Å²) in [6.07, 6.45) is 5.11. The van der Waals surface area contributed by atoms with Crippen molar-refractivity contribution < 1.29 is 12.8 Å². The van der Waals surface area contributed by atoms with E-state index in [1.165, 1.54) is 12.1 Å². The molecule has 4 nitrogen and oxygen atoms in total. The van der Waals surface area contributed by atoms with Crippen molar-refractivity contribution in [1.82, 2.24) is 10.0 Å². The van der Waals surface area contributed by atoms with Gasteiger partial charge in [0.1, 0.15) is 10.7 Å². The Morgan fingerprint density at radius 1 is 1.38 bits per heavy atom. The summed E-state index contributed by atoms with van der Waals surface area (Å²) in [5.41, 5.74) is 0.716. The topological polar surface area (TPSA) is 58.2 Å². The maximum absolute atomic E-state index is 14.0. The number of hydrogen-bond acceptors (Lipinski definition) is 4. The highest BCUT2D eigenvalue weighted by Crippen LogP contribution is 2.42. The van der Waals surface area contributed by atoms with Crippen molar-refractivity contribution in [2.45, 2.75) is 35.4 Å². The van der Waals surface area contributed by atoms with Gasteiger partial charge in [-0.3, -0.25) is 0 Å². The number of sulfonamides is 1. The Bertz CT molecular complexity index is 595. The summed E-state index contributed by atoms with van der Waals surface area (Å²) >= 11 is 1.68. The molecule has 7 heteroatoms. The summed E-state index contributed by atoms with van der Waals surface area (Å²) in [7, 11) is -2.05. The Kier molecular flexibility index (Phi) is 5.29. The fraction of sp³-hybridized carbons (Fsp3) is 0.571. The van der Waals surface area contributed by atoms with E-state index in [2.05, 4.69) is 10.0 Å². The van der Waals surface area contributed by atoms with Crippen molar-refractivity contribution in [2.75, 3.05) is 19.8 Å². The van der Waals surface area contributed by atoms with Crippen molar-refractivity contribution in [1.29, 1.82) is 0 Å². The quantitative estimate of drug-likeness (QED) is 0.803. The predicted octanol–water partition coefficient (Wildman–Crippen LogP) is 2.11. The van der Waals surface area contributed by atoms with Crippen LogP contribution in [0.5, 0.6) is 0 Å². The summed E-state index contributed by atoms with van der Waals surface area (Å²) < 4.78 is 41.1. The van der Waals surface area contributed by atoms with Crippen LogP contribution in [0.15, 0.2) is 23.1 Å². The normalized spacial score (nSPS) is 17.5. The van der Waals surface area contributed by atoms with E-state index >= 15 is 0 Å². The first-order valence-corrected chi connectivity index (χ1v) is 9.61. The maximum atomic E-state index is 14.0. The molecule has 21 heavy (non-hydrogen) atoms. The Morgan fingerprint density at radius 2 is 2.10 bits per heavy atom. The molecule has 1 aromatic rings. The van der Waals surface area contributed by atoms with Crippen molar-refractivity contribution in [3.8, 4) is 0 Å². The largest absolute Gasteiger partial charge is 0.316 e. The zero-order chi connectivity index (χ0) is 15.5. The second-order valence-corrected chi connectivity index (χ2v) is 8.37. The van der Waals surface area contributed by atoms with Gasteiger partial charge in [-0.05, 0) is 43.8 Å². The number of hydrogen-bond donors (Lipinski definition) is 2. The molecule has 2 rings (SSSR count). The number of halogens is 1. The first kappa shape index (κ1) is 16.7. The second-order valence-electron chi connectivity index (χ2n) is 5.36. The van der Waals surface area contributed by atoms with Crippen LogP contribution in [0.1, 0.15) is 24.8 Å². The van der Waals surface area contributed by atoms with Crippen LogP contribution in [-0.4, -0.2) is 33.0 Å². The van der Waals surface area contributed by atoms with Crippen LogP contribution < -0.4 is 10.0 Å². The van der Waals surface area contributed by atoms with E-state index in [-0.39, 0.29) is 9.64 Å². The Labute approximate surface area is 129 Å². The van der Waals surface area contributed by atoms with Gasteiger partial charge in [-0.15, -0.1) is 0 Å². The van der Waals surface area contributed by atoms with Gasteiger partial charge in [0, 0.05) is 17.8 Å². The van der Waals surface area contributed by atoms with Crippen molar-refractivity contribution in [2.24, 2.45) is 0 Å². The fourth-order valence-electron chi connectivity index (χ4n) is 2.40. The molecule has 1 fully saturated rings. The number of nitrogens with one attached hydrogen (secondary N) is 2. The maximum Gasteiger partial charge on any atom is 0.243 e. The molecule has 0 aliphatic heterocycles. The van der Waals surface area contributed by atoms with Crippen LogP contribution in [-0.2, 0) is 16.6 Å². The van der Waals surface area contributed by atoms with Crippen LogP contribution >= 0.6 is 11.8 Å². The summed E-state index contributed by atoms with van der Waals surface area (Å²) in [6, 6.07) is 4.22. The van der Waals surface area contributed by atoms with E-state index in [0.29, 0.717) is 18.7 Å². The number of thioether (sulfide) groups is 1. The smallest absolute Gasteiger partial charge is 0.243 e. The summed E-state index contributed by atoms with van der Waals surface area (Å²) in [5, 5.41) is 2.90. The van der Waals surface area contributed by atoms with Crippen molar-refractivity contribution in [3.63, 3.8) is 0 Å². The van der Waals surface area contributed by atoms with Crippen LogP contribution in [0.25, 0.3) is 0 Å². The Balaban J connectivity index is 2.12. The summed E-state index contributed by atoms with van der Waals surface area (Å²) in [6.45, 7) is 0.856. The van der Waals surface area contributed by atoms with Gasteiger partial charge in [0.25, 0.3) is 0 Å². The molecule has 0 unspecified atom stereocenters. The molecule has 2 N–H and O–H groups in total. The Hall–Kier alpha value is -0.630. The first-order chi connectivity index (χ1) is 9.92. The van der Waals surface area contributed by atoms with Gasteiger partial charge in [0.2, 0.25) is 10.0 Å². The molecule has 0 radical (unpaired) electrons. The van der Waals surface area contributed by atoms with E-state index in [1.54, 1.807) is 24.9 Å². The van der Waals surface area contributed by atoms with Crippen LogP contribution in [0.3, 0.4) is 0 Å². The van der Waals surface area contributed by atoms with Gasteiger partial charge in [-0.2, -0.15) is 11.8 Å². The highest BCUT2D eigenvalue weighted by molar-refractivity contribution is 8.00.